The normalized spacial score (nSPS) is 19.0. The number of pyridine rings is 1. The van der Waals surface area contributed by atoms with Crippen molar-refractivity contribution in [2.75, 3.05) is 12.8 Å². The smallest absolute Gasteiger partial charge is 0.223 e. The summed E-state index contributed by atoms with van der Waals surface area (Å²) in [6.45, 7) is 3.61. The molecule has 1 aliphatic rings. The second-order valence-corrected chi connectivity index (χ2v) is 8.98. The van der Waals surface area contributed by atoms with Gasteiger partial charge in [0.25, 0.3) is 0 Å². The van der Waals surface area contributed by atoms with Gasteiger partial charge in [0.2, 0.25) is 5.95 Å². The summed E-state index contributed by atoms with van der Waals surface area (Å²) in [4.78, 5) is 13.9. The van der Waals surface area contributed by atoms with Crippen molar-refractivity contribution < 1.29 is 9.84 Å². The van der Waals surface area contributed by atoms with Crippen LogP contribution in [0.25, 0.3) is 16.6 Å². The molecule has 4 aromatic rings. The molecule has 8 heteroatoms. The Bertz CT molecular complexity index is 1250. The largest absolute Gasteiger partial charge is 0.494 e. The molecule has 0 radical (unpaired) electrons. The number of aromatic nitrogens is 5. The van der Waals surface area contributed by atoms with Crippen molar-refractivity contribution in [2.45, 2.75) is 50.5 Å². The molecule has 0 aliphatic heterocycles. The predicted octanol–water partition coefficient (Wildman–Crippen LogP) is 3.24. The second-order valence-electron chi connectivity index (χ2n) is 8.98. The molecule has 1 aliphatic carbocycles. The molecule has 31 heavy (non-hydrogen) atoms. The van der Waals surface area contributed by atoms with Crippen molar-refractivity contribution in [3.8, 4) is 5.75 Å². The van der Waals surface area contributed by atoms with Crippen LogP contribution in [0.4, 0.5) is 5.95 Å². The van der Waals surface area contributed by atoms with Crippen molar-refractivity contribution in [1.29, 1.82) is 0 Å². The number of anilines is 1. The van der Waals surface area contributed by atoms with Crippen molar-refractivity contribution in [1.82, 2.24) is 24.6 Å². The highest BCUT2D eigenvalue weighted by Crippen LogP contribution is 2.46. The van der Waals surface area contributed by atoms with Crippen molar-refractivity contribution in [2.24, 2.45) is 0 Å². The molecule has 1 saturated carbocycles. The number of hydrogen-bond acceptors (Lipinski definition) is 7. The summed E-state index contributed by atoms with van der Waals surface area (Å²) in [6, 6.07) is 9.86. The fourth-order valence-electron chi connectivity index (χ4n) is 4.33. The Morgan fingerprint density at radius 1 is 1.16 bits per heavy atom. The van der Waals surface area contributed by atoms with Gasteiger partial charge in [-0.25, -0.2) is 9.97 Å². The van der Waals surface area contributed by atoms with E-state index in [9.17, 15) is 5.11 Å². The van der Waals surface area contributed by atoms with Crippen LogP contribution >= 0.6 is 0 Å². The van der Waals surface area contributed by atoms with Crippen LogP contribution in [0.1, 0.15) is 55.6 Å². The number of para-hydroxylation sites is 1. The van der Waals surface area contributed by atoms with E-state index in [-0.39, 0.29) is 5.92 Å². The molecule has 0 unspecified atom stereocenters. The molecular weight excluding hydrogens is 392 g/mol. The van der Waals surface area contributed by atoms with Crippen LogP contribution in [0, 0.1) is 0 Å². The van der Waals surface area contributed by atoms with Gasteiger partial charge in [-0.3, -0.25) is 4.98 Å². The van der Waals surface area contributed by atoms with Crippen LogP contribution in [0.3, 0.4) is 0 Å². The quantitative estimate of drug-likeness (QED) is 0.512. The number of methoxy groups -OCH3 is 1. The number of nitrogen functional groups attached to an aromatic ring is 1. The van der Waals surface area contributed by atoms with E-state index in [4.69, 9.17) is 15.5 Å². The standard InChI is InChI=1S/C23H26N6O2/c1-23(2,30)11-13-7-8-17(25-12-13)14-9-15(10-14)20-27-21-16-5-4-6-18(31-3)19(16)26-22(24)29(21)28-20/h4-8,12,14-15,30H,9-11H2,1-3H3,(H2,24,26)/t14-,15-. The lowest BCUT2D eigenvalue weighted by Gasteiger charge is -2.33. The summed E-state index contributed by atoms with van der Waals surface area (Å²) >= 11 is 0. The van der Waals surface area contributed by atoms with Gasteiger partial charge < -0.3 is 15.6 Å². The molecule has 0 atom stereocenters. The highest BCUT2D eigenvalue weighted by Gasteiger charge is 2.35. The molecule has 3 aromatic heterocycles. The van der Waals surface area contributed by atoms with E-state index in [1.54, 1.807) is 25.5 Å². The fraction of sp³-hybridized carbons (Fsp3) is 0.391. The second kappa shape index (κ2) is 7.16. The molecule has 1 aromatic carbocycles. The maximum absolute atomic E-state index is 9.98. The first kappa shape index (κ1) is 19.7. The lowest BCUT2D eigenvalue weighted by atomic mass is 9.72. The average molecular weight is 419 g/mol. The summed E-state index contributed by atoms with van der Waals surface area (Å²) in [6.07, 6.45) is 4.36. The Labute approximate surface area is 180 Å². The minimum absolute atomic E-state index is 0.266. The van der Waals surface area contributed by atoms with E-state index >= 15 is 0 Å². The fourth-order valence-corrected chi connectivity index (χ4v) is 4.33. The van der Waals surface area contributed by atoms with E-state index in [1.807, 2.05) is 24.4 Å². The van der Waals surface area contributed by atoms with Gasteiger partial charge in [-0.15, -0.1) is 5.10 Å². The summed E-state index contributed by atoms with van der Waals surface area (Å²) in [5.41, 5.74) is 8.94. The number of nitrogens with zero attached hydrogens (tertiary/aromatic N) is 5. The summed E-state index contributed by atoms with van der Waals surface area (Å²) in [7, 11) is 1.62. The minimum Gasteiger partial charge on any atom is -0.494 e. The third-order valence-electron chi connectivity index (χ3n) is 5.93. The summed E-state index contributed by atoms with van der Waals surface area (Å²) in [5, 5.41) is 15.5. The molecule has 0 spiro atoms. The van der Waals surface area contributed by atoms with Gasteiger partial charge in [0.1, 0.15) is 11.3 Å². The molecule has 5 rings (SSSR count). The first-order chi connectivity index (χ1) is 14.8. The number of fused-ring (bicyclic) bond motifs is 3. The molecule has 3 heterocycles. The number of hydrogen-bond donors (Lipinski definition) is 2. The Hall–Kier alpha value is -3.26. The van der Waals surface area contributed by atoms with Gasteiger partial charge in [0.15, 0.2) is 11.5 Å². The van der Waals surface area contributed by atoms with Crippen LogP contribution < -0.4 is 10.5 Å². The molecule has 1 fully saturated rings. The number of rotatable bonds is 5. The average Bonchev–Trinajstić information content (AvgIpc) is 3.12. The Morgan fingerprint density at radius 2 is 1.97 bits per heavy atom. The lowest BCUT2D eigenvalue weighted by Crippen LogP contribution is -2.23. The lowest BCUT2D eigenvalue weighted by molar-refractivity contribution is 0.0809. The van der Waals surface area contributed by atoms with Crippen molar-refractivity contribution in [3.05, 3.63) is 53.6 Å². The van der Waals surface area contributed by atoms with E-state index in [2.05, 4.69) is 27.2 Å². The van der Waals surface area contributed by atoms with Crippen LogP contribution in [0.2, 0.25) is 0 Å². The van der Waals surface area contributed by atoms with Gasteiger partial charge in [-0.1, -0.05) is 12.1 Å². The highest BCUT2D eigenvalue weighted by atomic mass is 16.5. The molecular formula is C23H26N6O2. The Balaban J connectivity index is 1.37. The van der Waals surface area contributed by atoms with E-state index in [0.717, 1.165) is 35.3 Å². The maximum atomic E-state index is 9.98. The molecule has 8 nitrogen and oxygen atoms in total. The number of ether oxygens (including phenoxy) is 1. The molecule has 160 valence electrons. The SMILES string of the molecule is COc1cccc2c1nc(N)n1nc([C@H]3C[C@H](c4ccc(CC(C)(C)O)cn4)C3)nc21. The van der Waals surface area contributed by atoms with E-state index in [0.29, 0.717) is 35.2 Å². The summed E-state index contributed by atoms with van der Waals surface area (Å²) in [5.74, 6) is 2.41. The molecule has 0 bridgehead atoms. The zero-order chi connectivity index (χ0) is 21.8. The first-order valence-electron chi connectivity index (χ1n) is 10.5. The summed E-state index contributed by atoms with van der Waals surface area (Å²) < 4.78 is 7.04. The van der Waals surface area contributed by atoms with Crippen LogP contribution in [-0.4, -0.2) is 42.4 Å². The maximum Gasteiger partial charge on any atom is 0.223 e. The minimum atomic E-state index is -0.732. The first-order valence-corrected chi connectivity index (χ1v) is 10.5. The van der Waals surface area contributed by atoms with Gasteiger partial charge >= 0.3 is 0 Å². The topological polar surface area (TPSA) is 111 Å². The molecule has 0 saturated heterocycles. The van der Waals surface area contributed by atoms with E-state index in [1.165, 1.54) is 0 Å². The van der Waals surface area contributed by atoms with Gasteiger partial charge in [0, 0.05) is 35.5 Å². The van der Waals surface area contributed by atoms with Crippen LogP contribution in [0.5, 0.6) is 5.75 Å². The van der Waals surface area contributed by atoms with Crippen LogP contribution in [-0.2, 0) is 6.42 Å². The molecule has 0 amide bonds. The van der Waals surface area contributed by atoms with Gasteiger partial charge in [0.05, 0.1) is 12.7 Å². The van der Waals surface area contributed by atoms with Crippen molar-refractivity contribution >= 4 is 22.5 Å². The van der Waals surface area contributed by atoms with Crippen LogP contribution in [0.15, 0.2) is 36.5 Å². The number of benzene rings is 1. The monoisotopic (exact) mass is 418 g/mol. The van der Waals surface area contributed by atoms with Crippen molar-refractivity contribution in [3.63, 3.8) is 0 Å². The number of aliphatic hydroxyl groups is 1. The van der Waals surface area contributed by atoms with Gasteiger partial charge in [-0.05, 0) is 50.5 Å². The Kier molecular flexibility index (Phi) is 4.55. The Morgan fingerprint density at radius 3 is 2.65 bits per heavy atom. The van der Waals surface area contributed by atoms with E-state index < -0.39 is 5.60 Å². The highest BCUT2D eigenvalue weighted by molar-refractivity contribution is 5.95. The number of nitrogens with two attached hydrogens (primary N) is 1. The molecule has 3 N–H and O–H groups in total. The zero-order valence-corrected chi connectivity index (χ0v) is 17.9. The zero-order valence-electron chi connectivity index (χ0n) is 17.9. The van der Waals surface area contributed by atoms with Gasteiger partial charge in [-0.2, -0.15) is 4.52 Å². The predicted molar refractivity (Wildman–Crippen MR) is 118 cm³/mol. The third-order valence-corrected chi connectivity index (χ3v) is 5.93. The third kappa shape index (κ3) is 3.57.